The van der Waals surface area contributed by atoms with Crippen LogP contribution in [-0.2, 0) is 4.74 Å². The molecule has 90 valence electrons. The number of phenolic OH excluding ortho intramolecular Hbond substituents is 1. The van der Waals surface area contributed by atoms with Gasteiger partial charge in [0, 0.05) is 10.6 Å². The number of phenols is 1. The smallest absolute Gasteiger partial charge is 0.411 e. The van der Waals surface area contributed by atoms with Crippen molar-refractivity contribution in [1.82, 2.24) is 0 Å². The van der Waals surface area contributed by atoms with E-state index in [1.807, 2.05) is 0 Å². The molecule has 0 bridgehead atoms. The average Bonchev–Trinajstić information content (AvgIpc) is 2.19. The summed E-state index contributed by atoms with van der Waals surface area (Å²) < 4.78 is 39.5. The second-order valence-corrected chi connectivity index (χ2v) is 4.18. The first-order valence-corrected chi connectivity index (χ1v) is 5.52. The van der Waals surface area contributed by atoms with Gasteiger partial charge in [0.05, 0.1) is 6.61 Å². The molecule has 0 saturated heterocycles. The van der Waals surface area contributed by atoms with Crippen LogP contribution in [0.2, 0.25) is 0 Å². The van der Waals surface area contributed by atoms with E-state index in [1.54, 1.807) is 12.1 Å². The zero-order chi connectivity index (χ0) is 12.0. The van der Waals surface area contributed by atoms with E-state index in [1.165, 1.54) is 23.9 Å². The number of thioether (sulfide) groups is 1. The summed E-state index contributed by atoms with van der Waals surface area (Å²) in [6.07, 6.45) is -4.26. The molecule has 0 atom stereocenters. The summed E-state index contributed by atoms with van der Waals surface area (Å²) in [5, 5.41) is 9.00. The molecule has 0 radical (unpaired) electrons. The fourth-order valence-corrected chi connectivity index (χ4v) is 1.71. The Balaban J connectivity index is 2.14. The number of aromatic hydroxyl groups is 1. The quantitative estimate of drug-likeness (QED) is 0.645. The highest BCUT2D eigenvalue weighted by Gasteiger charge is 2.27. The molecule has 1 aromatic carbocycles. The Hall–Kier alpha value is -0.880. The van der Waals surface area contributed by atoms with E-state index in [4.69, 9.17) is 5.11 Å². The largest absolute Gasteiger partial charge is 0.508 e. The van der Waals surface area contributed by atoms with Crippen LogP contribution >= 0.6 is 11.8 Å². The van der Waals surface area contributed by atoms with Crippen LogP contribution in [0.5, 0.6) is 5.75 Å². The molecule has 6 heteroatoms. The number of halogens is 3. The van der Waals surface area contributed by atoms with E-state index in [9.17, 15) is 13.2 Å². The first-order valence-electron chi connectivity index (χ1n) is 4.54. The maximum atomic E-state index is 11.7. The molecule has 1 rings (SSSR count). The van der Waals surface area contributed by atoms with Crippen LogP contribution in [0, 0.1) is 0 Å². The third-order valence-corrected chi connectivity index (χ3v) is 2.58. The zero-order valence-electron chi connectivity index (χ0n) is 8.33. The van der Waals surface area contributed by atoms with Gasteiger partial charge in [-0.3, -0.25) is 0 Å². The van der Waals surface area contributed by atoms with Crippen molar-refractivity contribution < 1.29 is 23.0 Å². The van der Waals surface area contributed by atoms with Crippen LogP contribution in [0.25, 0.3) is 0 Å². The molecule has 0 heterocycles. The molecule has 1 aromatic rings. The van der Waals surface area contributed by atoms with E-state index in [2.05, 4.69) is 4.74 Å². The monoisotopic (exact) mass is 252 g/mol. The molecule has 0 saturated carbocycles. The summed E-state index contributed by atoms with van der Waals surface area (Å²) in [6, 6.07) is 6.45. The molecule has 0 aliphatic carbocycles. The topological polar surface area (TPSA) is 29.5 Å². The van der Waals surface area contributed by atoms with E-state index in [0.29, 0.717) is 5.75 Å². The molecule has 0 unspecified atom stereocenters. The maximum Gasteiger partial charge on any atom is 0.411 e. The third-order valence-electron chi connectivity index (χ3n) is 1.60. The van der Waals surface area contributed by atoms with Crippen molar-refractivity contribution in [2.45, 2.75) is 11.1 Å². The van der Waals surface area contributed by atoms with Crippen molar-refractivity contribution in [2.24, 2.45) is 0 Å². The minimum Gasteiger partial charge on any atom is -0.508 e. The lowest BCUT2D eigenvalue weighted by Gasteiger charge is -2.07. The van der Waals surface area contributed by atoms with E-state index < -0.39 is 12.8 Å². The first kappa shape index (κ1) is 13.2. The Bertz CT molecular complexity index is 311. The van der Waals surface area contributed by atoms with Gasteiger partial charge in [0.1, 0.15) is 12.4 Å². The fourth-order valence-electron chi connectivity index (χ4n) is 0.949. The van der Waals surface area contributed by atoms with Gasteiger partial charge in [0.2, 0.25) is 0 Å². The normalized spacial score (nSPS) is 11.7. The summed E-state index contributed by atoms with van der Waals surface area (Å²) in [5.74, 6) is 0.610. The van der Waals surface area contributed by atoms with E-state index >= 15 is 0 Å². The molecule has 0 amide bonds. The van der Waals surface area contributed by atoms with Gasteiger partial charge in [-0.2, -0.15) is 13.2 Å². The minimum atomic E-state index is -4.26. The van der Waals surface area contributed by atoms with Crippen LogP contribution in [0.1, 0.15) is 0 Å². The molecule has 1 N–H and O–H groups in total. The summed E-state index contributed by atoms with van der Waals surface area (Å²) in [5.41, 5.74) is 0. The van der Waals surface area contributed by atoms with Gasteiger partial charge in [0.25, 0.3) is 0 Å². The summed E-state index contributed by atoms with van der Waals surface area (Å²) in [6.45, 7) is -1.16. The molecule has 0 fully saturated rings. The van der Waals surface area contributed by atoms with Crippen molar-refractivity contribution in [3.05, 3.63) is 24.3 Å². The predicted molar refractivity (Wildman–Crippen MR) is 55.7 cm³/mol. The van der Waals surface area contributed by atoms with Gasteiger partial charge in [-0.05, 0) is 24.3 Å². The highest BCUT2D eigenvalue weighted by Crippen LogP contribution is 2.20. The number of hydrogen-bond donors (Lipinski definition) is 1. The van der Waals surface area contributed by atoms with Crippen LogP contribution in [0.15, 0.2) is 29.2 Å². The lowest BCUT2D eigenvalue weighted by atomic mass is 10.3. The fraction of sp³-hybridized carbons (Fsp3) is 0.400. The van der Waals surface area contributed by atoms with Crippen molar-refractivity contribution in [3.8, 4) is 5.75 Å². The highest BCUT2D eigenvalue weighted by molar-refractivity contribution is 7.99. The second kappa shape index (κ2) is 6.00. The lowest BCUT2D eigenvalue weighted by molar-refractivity contribution is -0.172. The molecule has 16 heavy (non-hydrogen) atoms. The van der Waals surface area contributed by atoms with E-state index in [-0.39, 0.29) is 12.4 Å². The van der Waals surface area contributed by atoms with E-state index in [0.717, 1.165) is 4.90 Å². The van der Waals surface area contributed by atoms with Crippen molar-refractivity contribution in [3.63, 3.8) is 0 Å². The van der Waals surface area contributed by atoms with Gasteiger partial charge in [-0.25, -0.2) is 0 Å². The van der Waals surface area contributed by atoms with Gasteiger partial charge < -0.3 is 9.84 Å². The highest BCUT2D eigenvalue weighted by atomic mass is 32.2. The summed E-state index contributed by atoms with van der Waals surface area (Å²) in [7, 11) is 0. The van der Waals surface area contributed by atoms with Gasteiger partial charge in [0.15, 0.2) is 0 Å². The molecule has 2 nitrogen and oxygen atoms in total. The number of alkyl halides is 3. The predicted octanol–water partition coefficient (Wildman–Crippen LogP) is 3.06. The van der Waals surface area contributed by atoms with Crippen LogP contribution in [0.3, 0.4) is 0 Å². The molecule has 0 aliphatic heterocycles. The van der Waals surface area contributed by atoms with Crippen molar-refractivity contribution in [2.75, 3.05) is 19.0 Å². The van der Waals surface area contributed by atoms with Crippen LogP contribution in [-0.4, -0.2) is 30.2 Å². The van der Waals surface area contributed by atoms with Crippen molar-refractivity contribution >= 4 is 11.8 Å². The van der Waals surface area contributed by atoms with Gasteiger partial charge in [-0.1, -0.05) is 0 Å². The molecule has 0 aromatic heterocycles. The van der Waals surface area contributed by atoms with Crippen LogP contribution in [0.4, 0.5) is 13.2 Å². The number of hydrogen-bond acceptors (Lipinski definition) is 3. The number of rotatable bonds is 5. The standard InChI is InChI=1S/C10H11F3O2S/c11-10(12,13)7-15-5-6-16-9-3-1-8(14)2-4-9/h1-4,14H,5-7H2. The average molecular weight is 252 g/mol. The molecular formula is C10H11F3O2S. The maximum absolute atomic E-state index is 11.7. The van der Waals surface area contributed by atoms with Gasteiger partial charge in [-0.15, -0.1) is 11.8 Å². The van der Waals surface area contributed by atoms with Crippen LogP contribution < -0.4 is 0 Å². The number of benzene rings is 1. The second-order valence-electron chi connectivity index (χ2n) is 3.01. The third kappa shape index (κ3) is 5.87. The Morgan fingerprint density at radius 3 is 2.38 bits per heavy atom. The SMILES string of the molecule is Oc1ccc(SCCOCC(F)(F)F)cc1. The first-order chi connectivity index (χ1) is 7.47. The van der Waals surface area contributed by atoms with Crippen molar-refractivity contribution in [1.29, 1.82) is 0 Å². The summed E-state index contributed by atoms with van der Waals surface area (Å²) >= 11 is 1.38. The number of ether oxygens (including phenoxy) is 1. The Labute approximate surface area is 95.4 Å². The molecule has 0 spiro atoms. The zero-order valence-corrected chi connectivity index (χ0v) is 9.14. The Morgan fingerprint density at radius 2 is 1.81 bits per heavy atom. The molecular weight excluding hydrogens is 241 g/mol. The summed E-state index contributed by atoms with van der Waals surface area (Å²) in [4.78, 5) is 0.883. The minimum absolute atomic E-state index is 0.0467. The Kier molecular flexibility index (Phi) is 4.95. The Morgan fingerprint density at radius 1 is 1.19 bits per heavy atom. The lowest BCUT2D eigenvalue weighted by Crippen LogP contribution is -2.17. The van der Waals surface area contributed by atoms with Gasteiger partial charge >= 0.3 is 6.18 Å². The molecule has 0 aliphatic rings.